The van der Waals surface area contributed by atoms with Gasteiger partial charge < -0.3 is 0 Å². The minimum absolute atomic E-state index is 0.148. The van der Waals surface area contributed by atoms with E-state index in [1.165, 1.54) is 48.6 Å². The van der Waals surface area contributed by atoms with E-state index in [0.29, 0.717) is 4.24 Å². The molecule has 1 aromatic carbocycles. The fourth-order valence-corrected chi connectivity index (χ4v) is 3.95. The van der Waals surface area contributed by atoms with E-state index >= 15 is 0 Å². The average molecular weight is 302 g/mol. The molecule has 0 unspecified atom stereocenters. The lowest BCUT2D eigenvalue weighted by atomic mass is 10.0. The molecule has 0 radical (unpaired) electrons. The Balaban J connectivity index is 3.49. The van der Waals surface area contributed by atoms with E-state index in [4.69, 9.17) is 0 Å². The van der Waals surface area contributed by atoms with Crippen molar-refractivity contribution >= 4 is 34.9 Å². The van der Waals surface area contributed by atoms with Crippen molar-refractivity contribution in [2.24, 2.45) is 0 Å². The highest BCUT2D eigenvalue weighted by atomic mass is 32.2. The molecule has 0 saturated carbocycles. The van der Waals surface area contributed by atoms with Gasteiger partial charge in [-0.05, 0) is 30.6 Å². The fourth-order valence-electron chi connectivity index (χ4n) is 1.61. The number of hydrogen-bond acceptors (Lipinski definition) is 3. The van der Waals surface area contributed by atoms with Gasteiger partial charge in [-0.2, -0.15) is 0 Å². The van der Waals surface area contributed by atoms with Crippen molar-refractivity contribution in [3.63, 3.8) is 0 Å². The molecule has 104 valence electrons. The first kappa shape index (κ1) is 16.2. The van der Waals surface area contributed by atoms with Gasteiger partial charge >= 0.3 is 0 Å². The van der Waals surface area contributed by atoms with Crippen molar-refractivity contribution in [2.45, 2.75) is 20.8 Å². The number of benzene rings is 1. The molecule has 1 rings (SSSR count). The predicted octanol–water partition coefficient (Wildman–Crippen LogP) is 4.73. The van der Waals surface area contributed by atoms with Crippen LogP contribution in [0.1, 0.15) is 26.3 Å². The van der Waals surface area contributed by atoms with E-state index in [-0.39, 0.29) is 16.9 Å². The van der Waals surface area contributed by atoms with Gasteiger partial charge in [0.25, 0.3) is 0 Å². The zero-order valence-corrected chi connectivity index (χ0v) is 12.8. The molecule has 0 heterocycles. The van der Waals surface area contributed by atoms with Crippen molar-refractivity contribution < 1.29 is 13.6 Å². The Labute approximate surface area is 120 Å². The van der Waals surface area contributed by atoms with Crippen LogP contribution in [-0.2, 0) is 4.79 Å². The lowest BCUT2D eigenvalue weighted by Gasteiger charge is -2.13. The minimum atomic E-state index is -0.698. The van der Waals surface area contributed by atoms with E-state index < -0.39 is 11.6 Å². The third kappa shape index (κ3) is 4.08. The molecular weight excluding hydrogens is 286 g/mol. The maximum Gasteiger partial charge on any atom is 0.162 e. The highest BCUT2D eigenvalue weighted by Gasteiger charge is 2.21. The quantitative estimate of drug-likeness (QED) is 0.707. The molecule has 0 aliphatic heterocycles. The van der Waals surface area contributed by atoms with Crippen molar-refractivity contribution in [2.75, 3.05) is 11.5 Å². The average Bonchev–Trinajstić information content (AvgIpc) is 2.33. The summed E-state index contributed by atoms with van der Waals surface area (Å²) in [5, 5.41) is 0. The first-order valence-electron chi connectivity index (χ1n) is 5.98. The first-order chi connectivity index (χ1) is 9.02. The van der Waals surface area contributed by atoms with Gasteiger partial charge in [0.1, 0.15) is 11.6 Å². The van der Waals surface area contributed by atoms with E-state index in [0.717, 1.165) is 11.5 Å². The third-order valence-electron chi connectivity index (χ3n) is 2.32. The van der Waals surface area contributed by atoms with Crippen LogP contribution in [0, 0.1) is 11.6 Å². The number of allylic oxidation sites excluding steroid dienone is 1. The smallest absolute Gasteiger partial charge is 0.162 e. The lowest BCUT2D eigenvalue weighted by molar-refractivity contribution is -0.111. The summed E-state index contributed by atoms with van der Waals surface area (Å²) in [5.41, 5.74) is -0.0683. The van der Waals surface area contributed by atoms with Crippen LogP contribution in [0.5, 0.6) is 0 Å². The van der Waals surface area contributed by atoms with Gasteiger partial charge in [-0.3, -0.25) is 4.79 Å². The minimum Gasteiger partial charge on any atom is -0.294 e. The highest BCUT2D eigenvalue weighted by Crippen LogP contribution is 2.37. The molecule has 0 fully saturated rings. The van der Waals surface area contributed by atoms with E-state index in [1.54, 1.807) is 0 Å². The normalized spacial score (nSPS) is 10.4. The SMILES string of the molecule is CCSC(SCC)=C(C(C)=O)c1c(F)cccc1F. The summed E-state index contributed by atoms with van der Waals surface area (Å²) < 4.78 is 28.4. The standard InChI is InChI=1S/C14H16F2OS2/c1-4-18-14(19-5-2)12(9(3)17)13-10(15)7-6-8-11(13)16/h6-8H,4-5H2,1-3H3. The molecular formula is C14H16F2OS2. The largest absolute Gasteiger partial charge is 0.294 e. The van der Waals surface area contributed by atoms with Crippen molar-refractivity contribution in [3.8, 4) is 0 Å². The second kappa shape index (κ2) is 7.70. The highest BCUT2D eigenvalue weighted by molar-refractivity contribution is 8.22. The predicted molar refractivity (Wildman–Crippen MR) is 80.2 cm³/mol. The molecule has 1 aromatic rings. The van der Waals surface area contributed by atoms with E-state index in [1.807, 2.05) is 13.8 Å². The zero-order chi connectivity index (χ0) is 14.4. The Morgan fingerprint density at radius 2 is 1.58 bits per heavy atom. The van der Waals surface area contributed by atoms with Gasteiger partial charge in [0.05, 0.1) is 15.4 Å². The second-order valence-electron chi connectivity index (χ2n) is 3.68. The Morgan fingerprint density at radius 3 is 1.95 bits per heavy atom. The molecule has 0 atom stereocenters. The number of carbonyl (C=O) groups excluding carboxylic acids is 1. The Bertz CT molecular complexity index is 470. The second-order valence-corrected chi connectivity index (χ2v) is 6.49. The lowest BCUT2D eigenvalue weighted by Crippen LogP contribution is -2.04. The molecule has 0 aliphatic rings. The van der Waals surface area contributed by atoms with Crippen LogP contribution < -0.4 is 0 Å². The molecule has 0 aliphatic carbocycles. The van der Waals surface area contributed by atoms with Crippen molar-refractivity contribution in [3.05, 3.63) is 39.6 Å². The maximum absolute atomic E-state index is 13.9. The van der Waals surface area contributed by atoms with Crippen LogP contribution in [0.2, 0.25) is 0 Å². The summed E-state index contributed by atoms with van der Waals surface area (Å²) in [6, 6.07) is 3.64. The monoisotopic (exact) mass is 302 g/mol. The van der Waals surface area contributed by atoms with Gasteiger partial charge in [0, 0.05) is 0 Å². The van der Waals surface area contributed by atoms with Crippen LogP contribution in [0.3, 0.4) is 0 Å². The number of halogens is 2. The summed E-state index contributed by atoms with van der Waals surface area (Å²) in [5.74, 6) is -0.224. The van der Waals surface area contributed by atoms with E-state index in [9.17, 15) is 13.6 Å². The van der Waals surface area contributed by atoms with E-state index in [2.05, 4.69) is 0 Å². The third-order valence-corrected chi connectivity index (χ3v) is 4.54. The van der Waals surface area contributed by atoms with Gasteiger partial charge in [-0.25, -0.2) is 8.78 Å². The summed E-state index contributed by atoms with van der Waals surface area (Å²) in [6.07, 6.45) is 0. The van der Waals surface area contributed by atoms with Crippen LogP contribution in [-0.4, -0.2) is 17.3 Å². The molecule has 5 heteroatoms. The Morgan fingerprint density at radius 1 is 1.11 bits per heavy atom. The summed E-state index contributed by atoms with van der Waals surface area (Å²) in [6.45, 7) is 5.22. The van der Waals surface area contributed by atoms with Crippen LogP contribution in [0.25, 0.3) is 5.57 Å². The Kier molecular flexibility index (Phi) is 6.58. The molecule has 1 nitrogen and oxygen atoms in total. The molecule has 0 spiro atoms. The van der Waals surface area contributed by atoms with Gasteiger partial charge in [-0.15, -0.1) is 23.5 Å². The number of Topliss-reactive ketones (excluding diaryl/α,β-unsaturated/α-hetero) is 1. The number of thioether (sulfide) groups is 2. The van der Waals surface area contributed by atoms with Gasteiger partial charge in [0.2, 0.25) is 0 Å². The number of hydrogen-bond donors (Lipinski definition) is 0. The maximum atomic E-state index is 13.9. The molecule has 0 amide bonds. The van der Waals surface area contributed by atoms with Crippen LogP contribution in [0.4, 0.5) is 8.78 Å². The van der Waals surface area contributed by atoms with Crippen LogP contribution >= 0.6 is 23.5 Å². The molecule has 0 aromatic heterocycles. The topological polar surface area (TPSA) is 17.1 Å². The molecule has 19 heavy (non-hydrogen) atoms. The number of rotatable bonds is 6. The van der Waals surface area contributed by atoms with Crippen LogP contribution in [0.15, 0.2) is 22.4 Å². The first-order valence-corrected chi connectivity index (χ1v) is 7.95. The number of ketones is 1. The summed E-state index contributed by atoms with van der Waals surface area (Å²) in [7, 11) is 0. The molecule has 0 saturated heterocycles. The van der Waals surface area contributed by atoms with Gasteiger partial charge in [-0.1, -0.05) is 19.9 Å². The zero-order valence-electron chi connectivity index (χ0n) is 11.1. The van der Waals surface area contributed by atoms with Crippen molar-refractivity contribution in [1.82, 2.24) is 0 Å². The molecule has 0 N–H and O–H groups in total. The fraction of sp³-hybridized carbons (Fsp3) is 0.357. The summed E-state index contributed by atoms with van der Waals surface area (Å²) >= 11 is 2.88. The molecule has 0 bridgehead atoms. The summed E-state index contributed by atoms with van der Waals surface area (Å²) in [4.78, 5) is 11.8. The van der Waals surface area contributed by atoms with Crippen molar-refractivity contribution in [1.29, 1.82) is 0 Å². The Hall–Kier alpha value is -0.810. The number of carbonyl (C=O) groups is 1. The van der Waals surface area contributed by atoms with Gasteiger partial charge in [0.15, 0.2) is 5.78 Å².